The number of rotatable bonds is 6. The Morgan fingerprint density at radius 3 is 1.60 bits per heavy atom. The van der Waals surface area contributed by atoms with Crippen molar-refractivity contribution in [2.45, 2.75) is 0 Å². The van der Waals surface area contributed by atoms with Crippen LogP contribution in [-0.2, 0) is 0 Å². The highest BCUT2D eigenvalue weighted by Gasteiger charge is 2.16. The fourth-order valence-corrected chi connectivity index (χ4v) is 7.98. The van der Waals surface area contributed by atoms with Gasteiger partial charge in [0, 0.05) is 48.1 Å². The van der Waals surface area contributed by atoms with Gasteiger partial charge in [-0.15, -0.1) is 11.3 Å². The first-order chi connectivity index (χ1) is 25.7. The topological polar surface area (TPSA) is 56.5 Å². The largest absolute Gasteiger partial charge is 0.292 e. The van der Waals surface area contributed by atoms with E-state index in [0.29, 0.717) is 17.5 Å². The van der Waals surface area contributed by atoms with Gasteiger partial charge in [-0.3, -0.25) is 4.57 Å². The molecule has 3 heterocycles. The molecule has 0 bridgehead atoms. The number of thiophene rings is 1. The molecule has 52 heavy (non-hydrogen) atoms. The van der Waals surface area contributed by atoms with Crippen LogP contribution in [0.1, 0.15) is 0 Å². The lowest BCUT2D eigenvalue weighted by Crippen LogP contribution is -2.00. The number of hydrogen-bond donors (Lipinski definition) is 0. The van der Waals surface area contributed by atoms with E-state index in [1.807, 2.05) is 53.8 Å². The van der Waals surface area contributed by atoms with E-state index in [0.717, 1.165) is 50.4 Å². The predicted octanol–water partition coefficient (Wildman–Crippen LogP) is 11.9. The van der Waals surface area contributed by atoms with Gasteiger partial charge in [-0.05, 0) is 53.6 Å². The summed E-state index contributed by atoms with van der Waals surface area (Å²) in [6.07, 6.45) is 0. The van der Waals surface area contributed by atoms with Crippen LogP contribution >= 0.6 is 11.3 Å². The highest BCUT2D eigenvalue weighted by atomic mass is 32.1. The zero-order valence-corrected chi connectivity index (χ0v) is 28.7. The van der Waals surface area contributed by atoms with Gasteiger partial charge in [0.2, 0.25) is 0 Å². The van der Waals surface area contributed by atoms with Crippen molar-refractivity contribution >= 4 is 42.5 Å². The first-order valence-corrected chi connectivity index (χ1v) is 18.0. The van der Waals surface area contributed by atoms with E-state index < -0.39 is 0 Å². The Morgan fingerprint density at radius 1 is 0.365 bits per heavy atom. The van der Waals surface area contributed by atoms with Crippen molar-refractivity contribution in [2.24, 2.45) is 0 Å². The number of para-hydroxylation sites is 3. The van der Waals surface area contributed by atoms with Gasteiger partial charge in [0.1, 0.15) is 5.82 Å². The second-order valence-electron chi connectivity index (χ2n) is 12.7. The SMILES string of the molecule is c1ccc(-c2nc(-c3ccc(-c4ccc5sc6ccccc6c5c4)cc3)nc(-c3ccc(-c4nc5ccccc5n4-c4ccccc4)cc3)n2)cc1. The predicted molar refractivity (Wildman–Crippen MR) is 215 cm³/mol. The molecule has 244 valence electrons. The molecular formula is C46H29N5S. The van der Waals surface area contributed by atoms with E-state index in [9.17, 15) is 0 Å². The zero-order chi connectivity index (χ0) is 34.4. The summed E-state index contributed by atoms with van der Waals surface area (Å²) in [4.78, 5) is 20.0. The Labute approximate surface area is 304 Å². The zero-order valence-electron chi connectivity index (χ0n) is 27.9. The average molecular weight is 684 g/mol. The summed E-state index contributed by atoms with van der Waals surface area (Å²) in [5.74, 6) is 2.76. The number of aromatic nitrogens is 5. The Balaban J connectivity index is 1.03. The summed E-state index contributed by atoms with van der Waals surface area (Å²) in [7, 11) is 0. The van der Waals surface area contributed by atoms with Crippen molar-refractivity contribution in [3.05, 3.63) is 176 Å². The number of nitrogens with zero attached hydrogens (tertiary/aromatic N) is 5. The number of benzene rings is 7. The van der Waals surface area contributed by atoms with Gasteiger partial charge in [-0.2, -0.15) is 0 Å². The summed E-state index contributed by atoms with van der Waals surface area (Å²) in [5.41, 5.74) is 9.19. The summed E-state index contributed by atoms with van der Waals surface area (Å²) in [5, 5.41) is 2.59. The highest BCUT2D eigenvalue weighted by Crippen LogP contribution is 2.37. The molecule has 10 aromatic rings. The van der Waals surface area contributed by atoms with Crippen molar-refractivity contribution in [3.63, 3.8) is 0 Å². The van der Waals surface area contributed by atoms with E-state index in [4.69, 9.17) is 19.9 Å². The molecule has 7 aromatic carbocycles. The van der Waals surface area contributed by atoms with Crippen LogP contribution in [0.15, 0.2) is 176 Å². The van der Waals surface area contributed by atoms with Crippen LogP contribution in [0, 0.1) is 0 Å². The highest BCUT2D eigenvalue weighted by molar-refractivity contribution is 7.25. The third-order valence-corrected chi connectivity index (χ3v) is 10.6. The van der Waals surface area contributed by atoms with E-state index in [2.05, 4.69) is 138 Å². The molecule has 0 saturated carbocycles. The summed E-state index contributed by atoms with van der Waals surface area (Å²) in [6, 6.07) is 60.9. The van der Waals surface area contributed by atoms with Gasteiger partial charge in [-0.1, -0.05) is 133 Å². The maximum absolute atomic E-state index is 5.05. The van der Waals surface area contributed by atoms with Crippen LogP contribution in [0.2, 0.25) is 0 Å². The third kappa shape index (κ3) is 5.34. The van der Waals surface area contributed by atoms with Gasteiger partial charge in [-0.25, -0.2) is 19.9 Å². The Hall–Kier alpha value is -6.76. The molecule has 0 atom stereocenters. The second kappa shape index (κ2) is 12.5. The van der Waals surface area contributed by atoms with Crippen molar-refractivity contribution in [1.29, 1.82) is 0 Å². The molecule has 3 aromatic heterocycles. The second-order valence-corrected chi connectivity index (χ2v) is 13.8. The molecule has 5 nitrogen and oxygen atoms in total. The lowest BCUT2D eigenvalue weighted by Gasteiger charge is -2.11. The molecule has 0 N–H and O–H groups in total. The molecule has 0 saturated heterocycles. The fourth-order valence-electron chi connectivity index (χ4n) is 6.89. The molecule has 0 amide bonds. The van der Waals surface area contributed by atoms with Crippen LogP contribution in [0.4, 0.5) is 0 Å². The van der Waals surface area contributed by atoms with Crippen molar-refractivity contribution < 1.29 is 0 Å². The van der Waals surface area contributed by atoms with Crippen LogP contribution in [0.25, 0.3) is 93.6 Å². The molecule has 0 aliphatic carbocycles. The minimum atomic E-state index is 0.617. The van der Waals surface area contributed by atoms with Crippen LogP contribution in [-0.4, -0.2) is 24.5 Å². The molecule has 0 aliphatic rings. The molecular weight excluding hydrogens is 655 g/mol. The quantitative estimate of drug-likeness (QED) is 0.175. The van der Waals surface area contributed by atoms with Crippen molar-refractivity contribution in [1.82, 2.24) is 24.5 Å². The summed E-state index contributed by atoms with van der Waals surface area (Å²) in [6.45, 7) is 0. The number of fused-ring (bicyclic) bond motifs is 4. The molecule has 10 rings (SSSR count). The normalized spacial score (nSPS) is 11.5. The van der Waals surface area contributed by atoms with Gasteiger partial charge in [0.15, 0.2) is 17.5 Å². The maximum Gasteiger partial charge on any atom is 0.164 e. The lowest BCUT2D eigenvalue weighted by atomic mass is 10.0. The minimum absolute atomic E-state index is 0.617. The van der Waals surface area contributed by atoms with Gasteiger partial charge < -0.3 is 0 Å². The molecule has 0 aliphatic heterocycles. The molecule has 0 spiro atoms. The van der Waals surface area contributed by atoms with Gasteiger partial charge in [0.25, 0.3) is 0 Å². The molecule has 0 radical (unpaired) electrons. The monoisotopic (exact) mass is 683 g/mol. The number of hydrogen-bond acceptors (Lipinski definition) is 5. The fraction of sp³-hybridized carbons (Fsp3) is 0. The van der Waals surface area contributed by atoms with E-state index >= 15 is 0 Å². The first kappa shape index (κ1) is 30.1. The smallest absolute Gasteiger partial charge is 0.164 e. The molecule has 6 heteroatoms. The van der Waals surface area contributed by atoms with Crippen molar-refractivity contribution in [2.75, 3.05) is 0 Å². The standard InChI is InChI=1S/C46H29N5S/c1-3-11-31(12-4-1)43-48-44(32-21-19-30(20-22-32)35-27-28-42-38(29-35)37-15-7-10-18-41(37)52-42)50-45(49-43)33-23-25-34(26-24-33)46-47-39-16-8-9-17-40(39)51(46)36-13-5-2-6-14-36/h1-29H. The van der Waals surface area contributed by atoms with Crippen LogP contribution in [0.3, 0.4) is 0 Å². The van der Waals surface area contributed by atoms with E-state index in [-0.39, 0.29) is 0 Å². The van der Waals surface area contributed by atoms with E-state index in [1.165, 1.54) is 25.7 Å². The Bertz CT molecular complexity index is 2880. The average Bonchev–Trinajstić information content (AvgIpc) is 3.80. The summed E-state index contributed by atoms with van der Waals surface area (Å²) >= 11 is 1.84. The van der Waals surface area contributed by atoms with E-state index in [1.54, 1.807) is 0 Å². The molecule has 0 unspecified atom stereocenters. The summed E-state index contributed by atoms with van der Waals surface area (Å²) < 4.78 is 4.82. The minimum Gasteiger partial charge on any atom is -0.292 e. The van der Waals surface area contributed by atoms with Gasteiger partial charge in [0.05, 0.1) is 11.0 Å². The maximum atomic E-state index is 5.05. The molecule has 0 fully saturated rings. The van der Waals surface area contributed by atoms with Crippen LogP contribution in [0.5, 0.6) is 0 Å². The third-order valence-electron chi connectivity index (χ3n) is 9.50. The van der Waals surface area contributed by atoms with Crippen molar-refractivity contribution in [3.8, 4) is 62.4 Å². The Kier molecular flexibility index (Phi) is 7.25. The number of imidazole rings is 1. The van der Waals surface area contributed by atoms with Crippen LogP contribution < -0.4 is 0 Å². The van der Waals surface area contributed by atoms with Gasteiger partial charge >= 0.3 is 0 Å². The lowest BCUT2D eigenvalue weighted by molar-refractivity contribution is 1.07. The first-order valence-electron chi connectivity index (χ1n) is 17.2. The Morgan fingerprint density at radius 2 is 0.885 bits per heavy atom.